The zero-order chi connectivity index (χ0) is 51.1. The van der Waals surface area contributed by atoms with Crippen LogP contribution < -0.4 is 5.32 Å². The van der Waals surface area contributed by atoms with Gasteiger partial charge in [-0.2, -0.15) is 0 Å². The Bertz CT molecular complexity index is 1080. The predicted molar refractivity (Wildman–Crippen MR) is 291 cm³/mol. The van der Waals surface area contributed by atoms with Crippen LogP contribution in [0.5, 0.6) is 0 Å². The normalized spacial score (nSPS) is 19.8. The van der Waals surface area contributed by atoms with E-state index in [1.54, 1.807) is 0 Å². The van der Waals surface area contributed by atoms with Crippen molar-refractivity contribution >= 4 is 5.91 Å². The molecular weight excluding hydrogens is 881 g/mol. The van der Waals surface area contributed by atoms with Crippen LogP contribution in [-0.2, 0) is 14.3 Å². The molecule has 8 atom stereocenters. The molecule has 7 N–H and O–H groups in total. The Morgan fingerprint density at radius 3 is 1.20 bits per heavy atom. The molecule has 0 aromatic rings. The molecule has 418 valence electrons. The van der Waals surface area contributed by atoms with E-state index in [0.717, 1.165) is 51.4 Å². The third kappa shape index (κ3) is 36.9. The first-order chi connectivity index (χ1) is 34.2. The second-order valence-corrected chi connectivity index (χ2v) is 21.7. The third-order valence-electron chi connectivity index (χ3n) is 15.1. The summed E-state index contributed by atoms with van der Waals surface area (Å²) in [7, 11) is 0. The number of hydrogen-bond donors (Lipinski definition) is 7. The van der Waals surface area contributed by atoms with Crippen LogP contribution in [0.15, 0.2) is 0 Å². The number of rotatable bonds is 53. The molecule has 0 bridgehead atoms. The van der Waals surface area contributed by atoms with Crippen molar-refractivity contribution < 1.29 is 44.9 Å². The van der Waals surface area contributed by atoms with E-state index in [4.69, 9.17) is 9.47 Å². The molecule has 0 aromatic heterocycles. The maximum atomic E-state index is 13.2. The summed E-state index contributed by atoms with van der Waals surface area (Å²) in [4.78, 5) is 16.0. The maximum absolute atomic E-state index is 13.2. The summed E-state index contributed by atoms with van der Waals surface area (Å²) >= 11 is 0. The van der Waals surface area contributed by atoms with Crippen LogP contribution in [0.1, 0.15) is 290 Å². The summed E-state index contributed by atoms with van der Waals surface area (Å²) in [6.45, 7) is 9.62. The number of unbranched alkanes of at least 4 members (excludes halogenated alkanes) is 36. The van der Waals surface area contributed by atoms with Crippen LogP contribution in [0.2, 0.25) is 0 Å². The zero-order valence-electron chi connectivity index (χ0n) is 46.2. The van der Waals surface area contributed by atoms with Gasteiger partial charge in [-0.3, -0.25) is 4.79 Å². The van der Waals surface area contributed by atoms with Gasteiger partial charge in [-0.05, 0) is 51.7 Å². The van der Waals surface area contributed by atoms with Crippen LogP contribution in [0.3, 0.4) is 0 Å². The molecule has 1 saturated heterocycles. The largest absolute Gasteiger partial charge is 0.394 e. The number of amides is 1. The van der Waals surface area contributed by atoms with Crippen molar-refractivity contribution in [2.45, 2.75) is 339 Å². The van der Waals surface area contributed by atoms with E-state index in [2.05, 4.69) is 31.0 Å². The smallest absolute Gasteiger partial charge is 0.220 e. The lowest BCUT2D eigenvalue weighted by Gasteiger charge is -2.40. The number of nitrogens with one attached hydrogen (secondary N) is 1. The van der Waals surface area contributed by atoms with Crippen LogP contribution in [0.4, 0.5) is 0 Å². The SMILES string of the molecule is CCCCCCCCCCCCCCC[C@@H](O)[C@@H](O)[C@H](CO[C@H]1O[C@H](CO)[C@H](O)[C@H](O)[C@H]1O)NC(=O)CCCCCCCCCN(CCCCCCCCCCCC)CCCCCCCCCCCC. The first-order valence-electron chi connectivity index (χ1n) is 30.5. The van der Waals surface area contributed by atoms with Gasteiger partial charge in [-0.1, -0.05) is 252 Å². The van der Waals surface area contributed by atoms with Crippen molar-refractivity contribution in [1.82, 2.24) is 10.2 Å². The Kier molecular flexibility index (Phi) is 47.0. The molecule has 0 radical (unpaired) electrons. The van der Waals surface area contributed by atoms with Gasteiger partial charge in [0, 0.05) is 6.42 Å². The standard InChI is InChI=1S/C59H118N2O9/c1-4-7-10-13-16-19-22-23-24-25-29-34-39-44-52(63)55(65)51(50-69-59-58(68)57(67)56(66)53(49-62)70-59)60-54(64)45-40-35-30-28-33-38-43-48-61(46-41-36-31-26-20-17-14-11-8-5-2)47-42-37-32-27-21-18-15-12-9-6-3/h51-53,55-59,62-63,65-68H,4-50H2,1-3H3,(H,60,64)/t51-,52+,53+,55-,56-,57-,58+,59-/m0/s1. The molecule has 11 heteroatoms. The van der Waals surface area contributed by atoms with Crippen molar-refractivity contribution in [3.63, 3.8) is 0 Å². The van der Waals surface area contributed by atoms with Crippen LogP contribution in [0, 0.1) is 0 Å². The van der Waals surface area contributed by atoms with Gasteiger partial charge < -0.3 is 50.3 Å². The minimum atomic E-state index is -1.61. The van der Waals surface area contributed by atoms with Gasteiger partial charge in [0.2, 0.25) is 5.91 Å². The van der Waals surface area contributed by atoms with E-state index < -0.39 is 55.6 Å². The number of carbonyl (C=O) groups excluding carboxylic acids is 1. The average molecular weight is 1000 g/mol. The van der Waals surface area contributed by atoms with E-state index in [1.807, 2.05) is 0 Å². The molecule has 0 aliphatic carbocycles. The molecule has 1 heterocycles. The Balaban J connectivity index is 2.49. The van der Waals surface area contributed by atoms with Crippen LogP contribution >= 0.6 is 0 Å². The van der Waals surface area contributed by atoms with Gasteiger partial charge in [0.1, 0.15) is 30.5 Å². The summed E-state index contributed by atoms with van der Waals surface area (Å²) in [5, 5.41) is 65.8. The molecule has 70 heavy (non-hydrogen) atoms. The molecule has 1 amide bonds. The van der Waals surface area contributed by atoms with E-state index in [1.165, 1.54) is 225 Å². The fourth-order valence-corrected chi connectivity index (χ4v) is 10.2. The number of hydrogen-bond acceptors (Lipinski definition) is 10. The highest BCUT2D eigenvalue weighted by Gasteiger charge is 2.44. The minimum absolute atomic E-state index is 0.250. The van der Waals surface area contributed by atoms with Crippen LogP contribution in [-0.4, -0.2) is 123 Å². The molecule has 0 unspecified atom stereocenters. The zero-order valence-corrected chi connectivity index (χ0v) is 46.2. The maximum Gasteiger partial charge on any atom is 0.220 e. The van der Waals surface area contributed by atoms with Gasteiger partial charge >= 0.3 is 0 Å². The van der Waals surface area contributed by atoms with Gasteiger partial charge in [0.25, 0.3) is 0 Å². The molecule has 0 saturated carbocycles. The van der Waals surface area contributed by atoms with E-state index >= 15 is 0 Å². The Hall–Kier alpha value is -0.890. The molecule has 0 spiro atoms. The topological polar surface area (TPSA) is 172 Å². The van der Waals surface area contributed by atoms with Gasteiger partial charge in [-0.25, -0.2) is 0 Å². The monoisotopic (exact) mass is 999 g/mol. The van der Waals surface area contributed by atoms with Crippen molar-refractivity contribution in [2.24, 2.45) is 0 Å². The number of carbonyl (C=O) groups is 1. The number of nitrogens with zero attached hydrogens (tertiary/aromatic N) is 1. The molecule has 1 aliphatic heterocycles. The summed E-state index contributed by atoms with van der Waals surface area (Å²) in [6.07, 6.45) is 41.9. The summed E-state index contributed by atoms with van der Waals surface area (Å²) in [6, 6.07) is -0.994. The third-order valence-corrected chi connectivity index (χ3v) is 15.1. The fourth-order valence-electron chi connectivity index (χ4n) is 10.2. The highest BCUT2D eigenvalue weighted by Crippen LogP contribution is 2.23. The molecule has 1 rings (SSSR count). The number of aliphatic hydroxyl groups excluding tert-OH is 6. The van der Waals surface area contributed by atoms with E-state index in [0.29, 0.717) is 6.42 Å². The minimum Gasteiger partial charge on any atom is -0.394 e. The lowest BCUT2D eigenvalue weighted by molar-refractivity contribution is -0.303. The summed E-state index contributed by atoms with van der Waals surface area (Å²) in [5.41, 5.74) is 0. The fraction of sp³-hybridized carbons (Fsp3) is 0.983. The van der Waals surface area contributed by atoms with Gasteiger partial charge in [0.15, 0.2) is 6.29 Å². The summed E-state index contributed by atoms with van der Waals surface area (Å²) < 4.78 is 11.3. The molecule has 0 aromatic carbocycles. The molecule has 1 aliphatic rings. The number of aliphatic hydroxyl groups is 6. The first-order valence-corrected chi connectivity index (χ1v) is 30.5. The molecule has 1 fully saturated rings. The lowest BCUT2D eigenvalue weighted by atomic mass is 9.98. The Morgan fingerprint density at radius 1 is 0.486 bits per heavy atom. The quantitative estimate of drug-likeness (QED) is 0.0291. The van der Waals surface area contributed by atoms with E-state index in [9.17, 15) is 35.4 Å². The summed E-state index contributed by atoms with van der Waals surface area (Å²) in [5.74, 6) is -0.250. The van der Waals surface area contributed by atoms with Crippen molar-refractivity contribution in [3.05, 3.63) is 0 Å². The Morgan fingerprint density at radius 2 is 0.829 bits per heavy atom. The Labute approximate surface area is 431 Å². The average Bonchev–Trinajstić information content (AvgIpc) is 3.36. The van der Waals surface area contributed by atoms with Gasteiger partial charge in [-0.15, -0.1) is 0 Å². The highest BCUT2D eigenvalue weighted by atomic mass is 16.7. The van der Waals surface area contributed by atoms with Crippen molar-refractivity contribution in [1.29, 1.82) is 0 Å². The molecular formula is C59H118N2O9. The molecule has 11 nitrogen and oxygen atoms in total. The highest BCUT2D eigenvalue weighted by molar-refractivity contribution is 5.76. The van der Waals surface area contributed by atoms with Crippen molar-refractivity contribution in [3.8, 4) is 0 Å². The number of ether oxygens (including phenoxy) is 2. The van der Waals surface area contributed by atoms with Crippen molar-refractivity contribution in [2.75, 3.05) is 32.8 Å². The van der Waals surface area contributed by atoms with Gasteiger partial charge in [0.05, 0.1) is 25.4 Å². The first kappa shape index (κ1) is 67.1. The second-order valence-electron chi connectivity index (χ2n) is 21.7. The second kappa shape index (κ2) is 49.0. The predicted octanol–water partition coefficient (Wildman–Crippen LogP) is 12.8. The lowest BCUT2D eigenvalue weighted by Crippen LogP contribution is -2.60. The van der Waals surface area contributed by atoms with Crippen LogP contribution in [0.25, 0.3) is 0 Å². The van der Waals surface area contributed by atoms with E-state index in [-0.39, 0.29) is 18.9 Å².